The van der Waals surface area contributed by atoms with E-state index < -0.39 is 11.8 Å². The van der Waals surface area contributed by atoms with E-state index in [-0.39, 0.29) is 5.75 Å². The summed E-state index contributed by atoms with van der Waals surface area (Å²) in [5.41, 5.74) is 1.32. The molecule has 3 rings (SSSR count). The van der Waals surface area contributed by atoms with Gasteiger partial charge in [-0.25, -0.2) is 9.18 Å². The fourth-order valence-electron chi connectivity index (χ4n) is 5.44. The Labute approximate surface area is 224 Å². The Morgan fingerprint density at radius 1 is 0.811 bits per heavy atom. The van der Waals surface area contributed by atoms with Crippen LogP contribution in [0.3, 0.4) is 0 Å². The van der Waals surface area contributed by atoms with Gasteiger partial charge in [0.2, 0.25) is 0 Å². The molecule has 1 saturated carbocycles. The summed E-state index contributed by atoms with van der Waals surface area (Å²) in [7, 11) is 0. The third-order valence-electron chi connectivity index (χ3n) is 7.82. The van der Waals surface area contributed by atoms with Crippen LogP contribution in [0, 0.1) is 17.7 Å². The molecule has 0 heterocycles. The third kappa shape index (κ3) is 10.5. The minimum absolute atomic E-state index is 0.0300. The predicted molar refractivity (Wildman–Crippen MR) is 150 cm³/mol. The van der Waals surface area contributed by atoms with Crippen molar-refractivity contribution in [2.75, 3.05) is 6.61 Å². The molecule has 2 aromatic carbocycles. The van der Waals surface area contributed by atoms with E-state index in [9.17, 15) is 9.18 Å². The lowest BCUT2D eigenvalue weighted by Gasteiger charge is -2.28. The van der Waals surface area contributed by atoms with E-state index in [1.165, 1.54) is 76.7 Å². The topological polar surface area (TPSA) is 35.5 Å². The summed E-state index contributed by atoms with van der Waals surface area (Å²) in [5.74, 6) is 1.46. The van der Waals surface area contributed by atoms with E-state index in [0.717, 1.165) is 48.8 Å². The molecule has 1 aliphatic rings. The number of unbranched alkanes of at least 4 members (excludes halogenated alkanes) is 5. The number of ether oxygens (including phenoxy) is 2. The van der Waals surface area contributed by atoms with Crippen molar-refractivity contribution >= 4 is 5.97 Å². The number of halogens is 1. The molecule has 0 aromatic heterocycles. The molecule has 1 aliphatic carbocycles. The minimum Gasteiger partial charge on any atom is -0.494 e. The van der Waals surface area contributed by atoms with Crippen LogP contribution in [-0.4, -0.2) is 12.6 Å². The second kappa shape index (κ2) is 16.5. The second-order valence-corrected chi connectivity index (χ2v) is 10.9. The first kappa shape index (κ1) is 29.2. The van der Waals surface area contributed by atoms with Gasteiger partial charge in [-0.15, -0.1) is 0 Å². The van der Waals surface area contributed by atoms with Crippen LogP contribution >= 0.6 is 0 Å². The van der Waals surface area contributed by atoms with Crippen molar-refractivity contribution in [3.8, 4) is 11.5 Å². The molecule has 37 heavy (non-hydrogen) atoms. The molecule has 0 bridgehead atoms. The maximum Gasteiger partial charge on any atom is 0.343 e. The fourth-order valence-corrected chi connectivity index (χ4v) is 5.44. The Kier molecular flexibility index (Phi) is 13.0. The summed E-state index contributed by atoms with van der Waals surface area (Å²) in [4.78, 5) is 12.5. The van der Waals surface area contributed by atoms with Gasteiger partial charge in [0, 0.05) is 0 Å². The van der Waals surface area contributed by atoms with E-state index in [1.54, 1.807) is 30.3 Å². The van der Waals surface area contributed by atoms with Crippen molar-refractivity contribution < 1.29 is 18.7 Å². The normalized spacial score (nSPS) is 17.5. The number of carbonyl (C=O) groups is 1. The molecule has 204 valence electrons. The van der Waals surface area contributed by atoms with Crippen LogP contribution in [-0.2, 0) is 6.42 Å². The Balaban J connectivity index is 1.34. The van der Waals surface area contributed by atoms with Crippen LogP contribution in [0.2, 0.25) is 0 Å². The summed E-state index contributed by atoms with van der Waals surface area (Å²) in [6, 6.07) is 11.8. The monoisotopic (exact) mass is 510 g/mol. The quantitative estimate of drug-likeness (QED) is 0.128. The van der Waals surface area contributed by atoms with E-state index in [1.807, 2.05) is 6.07 Å². The first-order chi connectivity index (χ1) is 18.1. The van der Waals surface area contributed by atoms with Gasteiger partial charge < -0.3 is 9.47 Å². The number of aryl methyl sites for hydroxylation is 1. The van der Waals surface area contributed by atoms with Crippen molar-refractivity contribution in [2.45, 2.75) is 110 Å². The SMILES string of the molecule is CCCCCCc1ccc(OC(=O)c2ccc(OCCCC3CCC(CCCCC)CC3)cc2)c(F)c1. The smallest absolute Gasteiger partial charge is 0.343 e. The summed E-state index contributed by atoms with van der Waals surface area (Å²) >= 11 is 0. The first-order valence-corrected chi connectivity index (χ1v) is 14.8. The Morgan fingerprint density at radius 3 is 2.11 bits per heavy atom. The Hall–Kier alpha value is -2.36. The third-order valence-corrected chi connectivity index (χ3v) is 7.82. The Bertz CT molecular complexity index is 916. The van der Waals surface area contributed by atoms with Crippen LogP contribution in [0.15, 0.2) is 42.5 Å². The highest BCUT2D eigenvalue weighted by Gasteiger charge is 2.20. The molecule has 0 aliphatic heterocycles. The van der Waals surface area contributed by atoms with Crippen molar-refractivity contribution in [3.63, 3.8) is 0 Å². The van der Waals surface area contributed by atoms with E-state index >= 15 is 0 Å². The zero-order valence-electron chi connectivity index (χ0n) is 23.1. The number of carbonyl (C=O) groups excluding carboxylic acids is 1. The molecular weight excluding hydrogens is 463 g/mol. The lowest BCUT2D eigenvalue weighted by molar-refractivity contribution is 0.0727. The molecule has 0 saturated heterocycles. The van der Waals surface area contributed by atoms with Gasteiger partial charge in [0.1, 0.15) is 5.75 Å². The van der Waals surface area contributed by atoms with Gasteiger partial charge in [-0.1, -0.05) is 90.5 Å². The zero-order chi connectivity index (χ0) is 26.3. The second-order valence-electron chi connectivity index (χ2n) is 10.9. The molecule has 3 nitrogen and oxygen atoms in total. The van der Waals surface area contributed by atoms with Crippen molar-refractivity contribution in [3.05, 3.63) is 59.4 Å². The molecule has 0 spiro atoms. The van der Waals surface area contributed by atoms with E-state index in [4.69, 9.17) is 9.47 Å². The van der Waals surface area contributed by atoms with Crippen LogP contribution in [0.1, 0.15) is 120 Å². The Morgan fingerprint density at radius 2 is 1.46 bits per heavy atom. The van der Waals surface area contributed by atoms with Gasteiger partial charge in [0.25, 0.3) is 0 Å². The predicted octanol–water partition coefficient (Wildman–Crippen LogP) is 9.71. The molecule has 2 aromatic rings. The first-order valence-electron chi connectivity index (χ1n) is 14.8. The number of esters is 1. The summed E-state index contributed by atoms with van der Waals surface area (Å²) in [6.45, 7) is 5.14. The molecular formula is C33H47FO3. The molecule has 0 radical (unpaired) electrons. The number of rotatable bonds is 16. The van der Waals surface area contributed by atoms with Gasteiger partial charge >= 0.3 is 5.97 Å². The summed E-state index contributed by atoms with van der Waals surface area (Å²) < 4.78 is 25.7. The maximum atomic E-state index is 14.5. The highest BCUT2D eigenvalue weighted by atomic mass is 19.1. The number of benzene rings is 2. The van der Waals surface area contributed by atoms with Crippen LogP contribution in [0.25, 0.3) is 0 Å². The van der Waals surface area contributed by atoms with E-state index in [2.05, 4.69) is 13.8 Å². The lowest BCUT2D eigenvalue weighted by atomic mass is 9.78. The largest absolute Gasteiger partial charge is 0.494 e. The van der Waals surface area contributed by atoms with Gasteiger partial charge in [-0.3, -0.25) is 0 Å². The molecule has 0 amide bonds. The summed E-state index contributed by atoms with van der Waals surface area (Å²) in [5, 5.41) is 0. The van der Waals surface area contributed by atoms with Gasteiger partial charge in [-0.2, -0.15) is 0 Å². The number of hydrogen-bond acceptors (Lipinski definition) is 3. The zero-order valence-corrected chi connectivity index (χ0v) is 23.1. The molecule has 0 N–H and O–H groups in total. The standard InChI is InChI=1S/C33H47FO3/c1-3-5-7-9-12-28-18-23-32(31(34)25-28)37-33(35)29-19-21-30(22-20-29)36-24-10-13-27-16-14-26(15-17-27)11-8-6-4-2/h18-23,25-27H,3-17,24H2,1-2H3. The van der Waals surface area contributed by atoms with Crippen molar-refractivity contribution in [1.82, 2.24) is 0 Å². The van der Waals surface area contributed by atoms with Crippen molar-refractivity contribution in [2.24, 2.45) is 11.8 Å². The van der Waals surface area contributed by atoms with Gasteiger partial charge in [0.05, 0.1) is 12.2 Å². The van der Waals surface area contributed by atoms with Crippen LogP contribution in [0.5, 0.6) is 11.5 Å². The fraction of sp³-hybridized carbons (Fsp3) is 0.606. The van der Waals surface area contributed by atoms with Crippen LogP contribution < -0.4 is 9.47 Å². The average Bonchev–Trinajstić information content (AvgIpc) is 2.92. The maximum absolute atomic E-state index is 14.5. The van der Waals surface area contributed by atoms with Gasteiger partial charge in [0.15, 0.2) is 11.6 Å². The molecule has 4 heteroatoms. The lowest BCUT2D eigenvalue weighted by Crippen LogP contribution is -2.15. The minimum atomic E-state index is -0.563. The van der Waals surface area contributed by atoms with Gasteiger partial charge in [-0.05, 0) is 79.5 Å². The molecule has 0 atom stereocenters. The molecule has 0 unspecified atom stereocenters. The highest BCUT2D eigenvalue weighted by molar-refractivity contribution is 5.91. The highest BCUT2D eigenvalue weighted by Crippen LogP contribution is 2.34. The summed E-state index contributed by atoms with van der Waals surface area (Å²) in [6.07, 6.45) is 18.8. The average molecular weight is 511 g/mol. The molecule has 1 fully saturated rings. The number of hydrogen-bond donors (Lipinski definition) is 0. The van der Waals surface area contributed by atoms with Crippen molar-refractivity contribution in [1.29, 1.82) is 0 Å². The van der Waals surface area contributed by atoms with Crippen LogP contribution in [0.4, 0.5) is 4.39 Å². The van der Waals surface area contributed by atoms with E-state index in [0.29, 0.717) is 12.2 Å².